The Hall–Kier alpha value is -2.15. The van der Waals surface area contributed by atoms with E-state index in [1.807, 2.05) is 30.3 Å². The van der Waals surface area contributed by atoms with Crippen LogP contribution in [0, 0.1) is 27.9 Å². The van der Waals surface area contributed by atoms with Crippen LogP contribution in [-0.4, -0.2) is 20.4 Å². The van der Waals surface area contributed by atoms with Gasteiger partial charge in [0.1, 0.15) is 6.33 Å². The Bertz CT molecular complexity index is 838. The van der Waals surface area contributed by atoms with Crippen LogP contribution < -0.4 is 5.32 Å². The minimum absolute atomic E-state index is 0.00194. The SMILES string of the molecule is O=[N+]([O-])c1c(NC23CC4CC(CC(C4)C2)C3)ncnc1Sc1ccccc1. The number of benzene rings is 1. The lowest BCUT2D eigenvalue weighted by Crippen LogP contribution is -2.55. The Balaban J connectivity index is 1.47. The summed E-state index contributed by atoms with van der Waals surface area (Å²) in [6.07, 6.45) is 8.79. The fraction of sp³-hybridized carbons (Fsp3) is 0.500. The monoisotopic (exact) mass is 382 g/mol. The largest absolute Gasteiger partial charge is 0.359 e. The molecule has 1 N–H and O–H groups in total. The fourth-order valence-corrected chi connectivity index (χ4v) is 6.69. The summed E-state index contributed by atoms with van der Waals surface area (Å²) in [7, 11) is 0. The summed E-state index contributed by atoms with van der Waals surface area (Å²) < 4.78 is 0. The van der Waals surface area contributed by atoms with E-state index in [-0.39, 0.29) is 16.1 Å². The zero-order chi connectivity index (χ0) is 18.4. The minimum Gasteiger partial charge on any atom is -0.359 e. The molecule has 1 aromatic carbocycles. The van der Waals surface area contributed by atoms with E-state index in [1.165, 1.54) is 37.4 Å². The van der Waals surface area contributed by atoms with Crippen LogP contribution in [0.1, 0.15) is 38.5 Å². The molecular weight excluding hydrogens is 360 g/mol. The lowest BCUT2D eigenvalue weighted by molar-refractivity contribution is -0.387. The maximum absolute atomic E-state index is 11.9. The van der Waals surface area contributed by atoms with Gasteiger partial charge in [0, 0.05) is 10.4 Å². The molecule has 7 heteroatoms. The van der Waals surface area contributed by atoms with Crippen LogP contribution >= 0.6 is 11.8 Å². The predicted octanol–water partition coefficient (Wildman–Crippen LogP) is 4.92. The number of hydrogen-bond acceptors (Lipinski definition) is 6. The number of anilines is 1. The first-order valence-electron chi connectivity index (χ1n) is 9.61. The van der Waals surface area contributed by atoms with Gasteiger partial charge in [0.05, 0.1) is 4.92 Å². The molecule has 0 saturated heterocycles. The van der Waals surface area contributed by atoms with Crippen LogP contribution in [0.2, 0.25) is 0 Å². The summed E-state index contributed by atoms with van der Waals surface area (Å²) in [6, 6.07) is 9.64. The average Bonchev–Trinajstić information content (AvgIpc) is 2.61. The molecule has 2 aromatic rings. The second-order valence-corrected chi connectivity index (χ2v) is 9.43. The van der Waals surface area contributed by atoms with Gasteiger partial charge in [0.2, 0.25) is 5.82 Å². The highest BCUT2D eigenvalue weighted by Crippen LogP contribution is 2.57. The average molecular weight is 382 g/mol. The van der Waals surface area contributed by atoms with Gasteiger partial charge in [0.25, 0.3) is 0 Å². The van der Waals surface area contributed by atoms with Crippen LogP contribution in [-0.2, 0) is 0 Å². The first kappa shape index (κ1) is 17.0. The third-order valence-electron chi connectivity index (χ3n) is 6.35. The summed E-state index contributed by atoms with van der Waals surface area (Å²) in [5.74, 6) is 2.68. The molecule has 4 aliphatic carbocycles. The van der Waals surface area contributed by atoms with Crippen molar-refractivity contribution >= 4 is 23.3 Å². The molecule has 4 aliphatic rings. The topological polar surface area (TPSA) is 81.0 Å². The lowest BCUT2D eigenvalue weighted by Gasteiger charge is -2.57. The zero-order valence-corrected chi connectivity index (χ0v) is 15.8. The van der Waals surface area contributed by atoms with Crippen molar-refractivity contribution in [3.63, 3.8) is 0 Å². The smallest absolute Gasteiger partial charge is 0.343 e. The third-order valence-corrected chi connectivity index (χ3v) is 7.35. The highest BCUT2D eigenvalue weighted by atomic mass is 32.2. The van der Waals surface area contributed by atoms with E-state index < -0.39 is 0 Å². The van der Waals surface area contributed by atoms with Crippen molar-refractivity contribution in [3.8, 4) is 0 Å². The van der Waals surface area contributed by atoms with Gasteiger partial charge in [0.15, 0.2) is 5.03 Å². The Kier molecular flexibility index (Phi) is 4.07. The van der Waals surface area contributed by atoms with Crippen molar-refractivity contribution in [2.45, 2.75) is 54.0 Å². The van der Waals surface area contributed by atoms with Crippen LogP contribution in [0.15, 0.2) is 46.6 Å². The number of nitrogens with zero attached hydrogens (tertiary/aromatic N) is 3. The minimum atomic E-state index is -0.339. The van der Waals surface area contributed by atoms with E-state index in [9.17, 15) is 10.1 Å². The zero-order valence-electron chi connectivity index (χ0n) is 15.0. The molecule has 27 heavy (non-hydrogen) atoms. The highest BCUT2D eigenvalue weighted by molar-refractivity contribution is 7.99. The molecular formula is C20H22N4O2S. The number of nitrogens with one attached hydrogen (secondary N) is 1. The second-order valence-electron chi connectivity index (χ2n) is 8.37. The first-order valence-corrected chi connectivity index (χ1v) is 10.4. The summed E-state index contributed by atoms with van der Waals surface area (Å²) in [4.78, 5) is 21.0. The molecule has 1 aromatic heterocycles. The maximum atomic E-state index is 11.9. The molecule has 6 rings (SSSR count). The molecule has 0 atom stereocenters. The Morgan fingerprint density at radius 1 is 1.04 bits per heavy atom. The molecule has 0 radical (unpaired) electrons. The molecule has 0 aliphatic heterocycles. The highest BCUT2D eigenvalue weighted by Gasteiger charge is 2.51. The predicted molar refractivity (Wildman–Crippen MR) is 104 cm³/mol. The van der Waals surface area contributed by atoms with Crippen LogP contribution in [0.3, 0.4) is 0 Å². The number of aromatic nitrogens is 2. The van der Waals surface area contributed by atoms with E-state index in [0.29, 0.717) is 10.8 Å². The van der Waals surface area contributed by atoms with Crippen molar-refractivity contribution in [2.24, 2.45) is 17.8 Å². The molecule has 6 nitrogen and oxygen atoms in total. The normalized spacial score (nSPS) is 31.0. The van der Waals surface area contributed by atoms with Crippen molar-refractivity contribution < 1.29 is 4.92 Å². The van der Waals surface area contributed by atoms with Crippen molar-refractivity contribution in [2.75, 3.05) is 5.32 Å². The summed E-state index contributed by atoms with van der Waals surface area (Å²) in [5, 5.41) is 15.8. The molecule has 4 saturated carbocycles. The molecule has 0 unspecified atom stereocenters. The van der Waals surface area contributed by atoms with Crippen molar-refractivity contribution in [1.82, 2.24) is 9.97 Å². The number of rotatable bonds is 5. The molecule has 4 bridgehead atoms. The Morgan fingerprint density at radius 3 is 2.26 bits per heavy atom. The number of hydrogen-bond donors (Lipinski definition) is 1. The molecule has 0 amide bonds. The summed E-state index contributed by atoms with van der Waals surface area (Å²) >= 11 is 1.32. The molecule has 140 valence electrons. The van der Waals surface area contributed by atoms with Crippen LogP contribution in [0.5, 0.6) is 0 Å². The van der Waals surface area contributed by atoms with Gasteiger partial charge < -0.3 is 5.32 Å². The van der Waals surface area contributed by atoms with E-state index in [2.05, 4.69) is 15.3 Å². The van der Waals surface area contributed by atoms with E-state index >= 15 is 0 Å². The van der Waals surface area contributed by atoms with Crippen molar-refractivity contribution in [3.05, 3.63) is 46.8 Å². The third kappa shape index (κ3) is 3.18. The van der Waals surface area contributed by atoms with Gasteiger partial charge >= 0.3 is 5.69 Å². The standard InChI is InChI=1S/C20H22N4O2S/c25-24(26)17-18(21-12-22-19(17)27-16-4-2-1-3-5-16)23-20-9-13-6-14(10-20)8-15(7-13)11-20/h1-5,12-15H,6-11H2,(H,21,22,23). The van der Waals surface area contributed by atoms with Gasteiger partial charge in [-0.2, -0.15) is 0 Å². The van der Waals surface area contributed by atoms with Gasteiger partial charge in [-0.25, -0.2) is 9.97 Å². The van der Waals surface area contributed by atoms with Crippen LogP contribution in [0.25, 0.3) is 0 Å². The van der Waals surface area contributed by atoms with E-state index in [4.69, 9.17) is 0 Å². The van der Waals surface area contributed by atoms with Gasteiger partial charge in [-0.1, -0.05) is 30.0 Å². The molecule has 0 spiro atoms. The second kappa shape index (κ2) is 6.48. The molecule has 4 fully saturated rings. The Labute approximate surface area is 162 Å². The summed E-state index contributed by atoms with van der Waals surface area (Å²) in [5.41, 5.74) is -0.0233. The number of nitro groups is 1. The summed E-state index contributed by atoms with van der Waals surface area (Å²) in [6.45, 7) is 0. The van der Waals surface area contributed by atoms with Crippen LogP contribution in [0.4, 0.5) is 11.5 Å². The van der Waals surface area contributed by atoms with Gasteiger partial charge in [-0.15, -0.1) is 0 Å². The first-order chi connectivity index (χ1) is 13.1. The lowest BCUT2D eigenvalue weighted by atomic mass is 9.53. The molecule has 1 heterocycles. The quantitative estimate of drug-likeness (QED) is 0.449. The van der Waals surface area contributed by atoms with E-state index in [1.54, 1.807) is 0 Å². The van der Waals surface area contributed by atoms with E-state index in [0.717, 1.165) is 41.9 Å². The van der Waals surface area contributed by atoms with Gasteiger partial charge in [-0.05, 0) is 68.4 Å². The maximum Gasteiger partial charge on any atom is 0.343 e. The van der Waals surface area contributed by atoms with Gasteiger partial charge in [-0.3, -0.25) is 10.1 Å². The fourth-order valence-electron chi connectivity index (χ4n) is 5.81. The Morgan fingerprint density at radius 2 is 1.67 bits per heavy atom. The van der Waals surface area contributed by atoms with Crippen molar-refractivity contribution in [1.29, 1.82) is 0 Å².